The molecule has 3 heterocycles. The first-order chi connectivity index (χ1) is 23.3. The van der Waals surface area contributed by atoms with Crippen LogP contribution in [0, 0.1) is 0 Å². The lowest BCUT2D eigenvalue weighted by Crippen LogP contribution is -2.34. The maximum absolute atomic E-state index is 10.2. The van der Waals surface area contributed by atoms with Crippen LogP contribution in [0.5, 0.6) is 0 Å². The Bertz CT molecular complexity index is 1590. The Morgan fingerprint density at radius 2 is 0.462 bits per heavy atom. The summed E-state index contributed by atoms with van der Waals surface area (Å²) in [6.07, 6.45) is 0. The second kappa shape index (κ2) is 25.5. The Labute approximate surface area is 303 Å². The molecular formula is C23H39N9O17S3. The lowest BCUT2D eigenvalue weighted by Gasteiger charge is -2.07. The van der Waals surface area contributed by atoms with Gasteiger partial charge in [-0.25, -0.2) is 43.2 Å². The van der Waals surface area contributed by atoms with Crippen LogP contribution in [-0.2, 0) is 14.4 Å². The topological polar surface area (TPSA) is 448 Å². The van der Waals surface area contributed by atoms with E-state index in [-0.39, 0.29) is 13.2 Å². The van der Waals surface area contributed by atoms with Crippen molar-refractivity contribution in [1.29, 1.82) is 0 Å². The number of aliphatic carboxylic acids is 3. The molecule has 0 radical (unpaired) electrons. The van der Waals surface area contributed by atoms with Gasteiger partial charge in [-0.05, 0) is 41.5 Å². The minimum Gasteiger partial charge on any atom is -0.480 e. The largest absolute Gasteiger partial charge is 0.480 e. The van der Waals surface area contributed by atoms with Crippen LogP contribution in [0.2, 0.25) is 0 Å². The van der Waals surface area contributed by atoms with Crippen LogP contribution < -0.4 is 51.2 Å². The Hall–Kier alpha value is -5.39. The molecule has 0 spiro atoms. The van der Waals surface area contributed by atoms with Gasteiger partial charge in [-0.1, -0.05) is 0 Å². The zero-order valence-electron chi connectivity index (χ0n) is 27.9. The highest BCUT2D eigenvalue weighted by Gasteiger charge is 2.21. The molecular weight excluding hydrogens is 770 g/mol. The molecule has 0 aliphatic rings. The van der Waals surface area contributed by atoms with Gasteiger partial charge in [0.15, 0.2) is 0 Å². The Balaban J connectivity index is -0.000000262. The fraction of sp³-hybridized carbons (Fsp3) is 0.478. The van der Waals surface area contributed by atoms with Crippen LogP contribution in [0.3, 0.4) is 0 Å². The fourth-order valence-corrected chi connectivity index (χ4v) is 1.21. The van der Waals surface area contributed by atoms with Crippen molar-refractivity contribution in [1.82, 2.24) is 44.9 Å². The van der Waals surface area contributed by atoms with Crippen molar-refractivity contribution >= 4 is 55.8 Å². The number of rotatable bonds is 4. The van der Waals surface area contributed by atoms with Gasteiger partial charge in [-0.2, -0.15) is 37.9 Å². The van der Waals surface area contributed by atoms with Crippen LogP contribution in [0.15, 0.2) is 43.2 Å². The number of thiol groups is 3. The summed E-state index contributed by atoms with van der Waals surface area (Å²) in [4.78, 5) is 138. The van der Waals surface area contributed by atoms with Gasteiger partial charge in [0, 0.05) is 0 Å². The Kier molecular flexibility index (Phi) is 26.2. The predicted octanol–water partition coefficient (Wildman–Crippen LogP) is -5.44. The fourth-order valence-electron chi connectivity index (χ4n) is 1.21. The number of aliphatic hydroxyl groups is 2. The Morgan fingerprint density at radius 1 is 0.385 bits per heavy atom. The minimum absolute atomic E-state index is 0.125. The summed E-state index contributed by atoms with van der Waals surface area (Å²) >= 11 is 11.2. The maximum atomic E-state index is 10.2. The highest BCUT2D eigenvalue weighted by molar-refractivity contribution is 7.83. The molecule has 29 heteroatoms. The van der Waals surface area contributed by atoms with Crippen molar-refractivity contribution in [3.8, 4) is 0 Å². The van der Waals surface area contributed by atoms with E-state index in [9.17, 15) is 57.5 Å². The van der Waals surface area contributed by atoms with Gasteiger partial charge in [0.2, 0.25) is 0 Å². The van der Waals surface area contributed by atoms with Gasteiger partial charge >= 0.3 is 69.1 Å². The normalized spacial score (nSPS) is 9.98. The molecule has 0 fully saturated rings. The van der Waals surface area contributed by atoms with E-state index in [2.05, 4.69) is 37.9 Å². The number of aliphatic hydroxyl groups excluding tert-OH is 2. The van der Waals surface area contributed by atoms with Crippen molar-refractivity contribution in [2.24, 2.45) is 0 Å². The number of hydrogen-bond acceptors (Lipinski definition) is 17. The molecule has 0 atom stereocenters. The first-order valence-corrected chi connectivity index (χ1v) is 14.5. The molecule has 14 N–H and O–H groups in total. The van der Waals surface area contributed by atoms with Crippen molar-refractivity contribution in [3.05, 3.63) is 94.4 Å². The number of carboxylic acids is 3. The number of aromatic amines is 9. The number of nitrogens with one attached hydrogen (secondary N) is 9. The lowest BCUT2D eigenvalue weighted by molar-refractivity contribution is -0.139. The number of H-pyrrole nitrogens is 9. The van der Waals surface area contributed by atoms with Gasteiger partial charge in [-0.15, -0.1) is 0 Å². The number of carbonyl (C=O) groups is 3. The lowest BCUT2D eigenvalue weighted by atomic mass is 10.2. The molecule has 26 nitrogen and oxygen atoms in total. The van der Waals surface area contributed by atoms with E-state index in [0.717, 1.165) is 0 Å². The van der Waals surface area contributed by atoms with Crippen molar-refractivity contribution in [2.75, 3.05) is 13.2 Å². The summed E-state index contributed by atoms with van der Waals surface area (Å²) in [5.41, 5.74) is -7.22. The van der Waals surface area contributed by atoms with Crippen LogP contribution in [0.25, 0.3) is 0 Å². The third-order valence-electron chi connectivity index (χ3n) is 3.71. The van der Waals surface area contributed by atoms with Crippen molar-refractivity contribution in [3.63, 3.8) is 0 Å². The van der Waals surface area contributed by atoms with Gasteiger partial charge in [0.1, 0.15) is 14.2 Å². The van der Waals surface area contributed by atoms with E-state index in [4.69, 9.17) is 25.5 Å². The van der Waals surface area contributed by atoms with Gasteiger partial charge < -0.3 is 25.5 Å². The van der Waals surface area contributed by atoms with E-state index in [1.165, 1.54) is 41.5 Å². The average Bonchev–Trinajstić information content (AvgIpc) is 2.91. The molecule has 52 heavy (non-hydrogen) atoms. The molecule has 0 amide bonds. The van der Waals surface area contributed by atoms with Crippen LogP contribution in [0.4, 0.5) is 0 Å². The molecule has 296 valence electrons. The van der Waals surface area contributed by atoms with E-state index in [1.54, 1.807) is 44.9 Å². The highest BCUT2D eigenvalue weighted by atomic mass is 32.1. The summed E-state index contributed by atoms with van der Waals surface area (Å²) in [5.74, 6) is -2.68. The number of hydrogen-bond donors (Lipinski definition) is 17. The first-order valence-electron chi connectivity index (χ1n) is 13.2. The molecule has 3 aromatic rings. The third kappa shape index (κ3) is 34.5. The molecule has 0 aromatic carbocycles. The van der Waals surface area contributed by atoms with Crippen LogP contribution in [-0.4, -0.2) is 116 Å². The summed E-state index contributed by atoms with van der Waals surface area (Å²) in [6.45, 7) is 8.91. The molecule has 0 bridgehead atoms. The summed E-state index contributed by atoms with van der Waals surface area (Å²) < 4.78 is -2.67. The smallest absolute Gasteiger partial charge is 0.330 e. The van der Waals surface area contributed by atoms with Crippen molar-refractivity contribution < 1.29 is 39.9 Å². The van der Waals surface area contributed by atoms with E-state index >= 15 is 0 Å². The quantitative estimate of drug-likeness (QED) is 0.109. The van der Waals surface area contributed by atoms with Gasteiger partial charge in [0.25, 0.3) is 0 Å². The Morgan fingerprint density at radius 3 is 0.500 bits per heavy atom. The van der Waals surface area contributed by atoms with Gasteiger partial charge in [0.05, 0.1) is 13.2 Å². The molecule has 0 saturated carbocycles. The predicted molar refractivity (Wildman–Crippen MR) is 191 cm³/mol. The van der Waals surface area contributed by atoms with E-state index < -0.39 is 83.4 Å². The van der Waals surface area contributed by atoms with E-state index in [1.807, 2.05) is 0 Å². The standard InChI is InChI=1S/3C4H8O2S.3C3H3N3O3.C2H6O2/c3*1-4(2,7)3(5)6;3*7-1-4-2(8)6-3(9)5-1;3-1-2-4/h3*7H,1-2H3,(H,5,6);3*(H3,4,5,6,7,8,9);3-4H,1-2H2. The molecule has 0 aliphatic heterocycles. The van der Waals surface area contributed by atoms with Gasteiger partial charge in [-0.3, -0.25) is 59.2 Å². The number of carboxylic acid groups (broad SMARTS) is 3. The van der Waals surface area contributed by atoms with Crippen LogP contribution >= 0.6 is 37.9 Å². The SMILES string of the molecule is CC(C)(S)C(=O)O.CC(C)(S)C(=O)O.CC(C)(S)C(=O)O.O=c1[nH]c(=O)[nH]c(=O)[nH]1.O=c1[nH]c(=O)[nH]c(=O)[nH]1.O=c1[nH]c(=O)[nH]c(=O)[nH]1.OCCO. The summed E-state index contributed by atoms with van der Waals surface area (Å²) in [6, 6.07) is 0. The second-order valence-corrected chi connectivity index (χ2v) is 13.5. The summed E-state index contributed by atoms with van der Waals surface area (Å²) in [7, 11) is 0. The van der Waals surface area contributed by atoms with E-state index in [0.29, 0.717) is 0 Å². The maximum Gasteiger partial charge on any atom is 0.330 e. The molecule has 0 aliphatic carbocycles. The minimum atomic E-state index is -0.893. The molecule has 3 aromatic heterocycles. The van der Waals surface area contributed by atoms with Crippen molar-refractivity contribution in [2.45, 2.75) is 55.8 Å². The average molecular weight is 810 g/mol. The highest BCUT2D eigenvalue weighted by Crippen LogP contribution is 2.11. The monoisotopic (exact) mass is 809 g/mol. The number of aromatic nitrogens is 9. The molecule has 0 saturated heterocycles. The molecule has 3 rings (SSSR count). The molecule has 0 unspecified atom stereocenters. The van der Waals surface area contributed by atoms with Crippen LogP contribution in [0.1, 0.15) is 41.5 Å². The zero-order valence-corrected chi connectivity index (χ0v) is 30.6. The summed E-state index contributed by atoms with van der Waals surface area (Å²) in [5, 5.41) is 39.8. The third-order valence-corrected chi connectivity index (χ3v) is 4.29. The zero-order chi connectivity index (χ0) is 42.2. The first kappa shape index (κ1) is 53.4. The second-order valence-electron chi connectivity index (χ2n) is 10.1.